The van der Waals surface area contributed by atoms with Crippen molar-refractivity contribution in [3.8, 4) is 0 Å². The second kappa shape index (κ2) is 14.6. The smallest absolute Gasteiger partial charge is 0.147 e. The summed E-state index contributed by atoms with van der Waals surface area (Å²) in [7, 11) is -3.43. The largest absolute Gasteiger partial charge is 0.147 e. The summed E-state index contributed by atoms with van der Waals surface area (Å²) < 4.78 is 9.35. The summed E-state index contributed by atoms with van der Waals surface area (Å²) >= 11 is -1.91. The fourth-order valence-electron chi connectivity index (χ4n) is 2.02. The van der Waals surface area contributed by atoms with Gasteiger partial charge in [-0.3, -0.25) is 0 Å². The molecular weight excluding hydrogens is 609 g/mol. The quantitative estimate of drug-likeness (QED) is 0.396. The summed E-state index contributed by atoms with van der Waals surface area (Å²) in [6.45, 7) is 12.1. The fraction of sp³-hybridized carbons (Fsp3) is 0.444. The second-order valence-electron chi connectivity index (χ2n) is 8.46. The van der Waals surface area contributed by atoms with Crippen molar-refractivity contribution in [2.75, 3.05) is 0 Å². The van der Waals surface area contributed by atoms with Crippen molar-refractivity contribution < 1.29 is 32.8 Å². The monoisotopic (exact) mass is 640 g/mol. The molecule has 0 aromatic rings. The minimum Gasteiger partial charge on any atom is -0.147 e. The van der Waals surface area contributed by atoms with E-state index in [1.165, 1.54) is 12.8 Å². The van der Waals surface area contributed by atoms with E-state index in [1.807, 2.05) is 39.3 Å². The van der Waals surface area contributed by atoms with Gasteiger partial charge in [-0.25, -0.2) is 0 Å². The Morgan fingerprint density at radius 1 is 0.821 bits per heavy atom. The number of allylic oxidation sites excluding steroid dienone is 8. The number of carbonyl (C=O) groups is 2. The summed E-state index contributed by atoms with van der Waals surface area (Å²) in [6.07, 6.45) is 16.0. The maximum absolute atomic E-state index is 11.6. The SMILES string of the molecule is C1=CC[C]([Zr][C]2=CC=CC2)=C1.C[Si](C)(C)C(=O)[NH][InH][NH]C(=O)[Si](C)(C)C.Cl.Cl. The molecule has 2 amide bonds. The number of hydrogen-bond donors (Lipinski definition) is 2. The number of halogens is 2. The van der Waals surface area contributed by atoms with Gasteiger partial charge in [-0.05, 0) is 0 Å². The van der Waals surface area contributed by atoms with Crippen LogP contribution in [0.15, 0.2) is 43.0 Å². The number of carbonyl (C=O) groups excluding carboxylic acids is 2. The Morgan fingerprint density at radius 3 is 1.43 bits per heavy atom. The van der Waals surface area contributed by atoms with Crippen LogP contribution in [0, 0.1) is 0 Å². The Hall–Kier alpha value is 0.667. The third kappa shape index (κ3) is 13.1. The zero-order chi connectivity index (χ0) is 19.8. The first kappa shape index (κ1) is 30.9. The van der Waals surface area contributed by atoms with Crippen molar-refractivity contribution in [2.45, 2.75) is 52.1 Å². The van der Waals surface area contributed by atoms with Gasteiger partial charge in [0.05, 0.1) is 0 Å². The van der Waals surface area contributed by atoms with Gasteiger partial charge < -0.3 is 0 Å². The summed E-state index contributed by atoms with van der Waals surface area (Å²) in [5, 5.41) is 0. The van der Waals surface area contributed by atoms with E-state index in [1.54, 1.807) is 6.56 Å². The van der Waals surface area contributed by atoms with Crippen molar-refractivity contribution in [1.82, 2.24) is 6.61 Å². The van der Waals surface area contributed by atoms with E-state index in [9.17, 15) is 9.59 Å². The maximum atomic E-state index is 11.6. The molecule has 0 aliphatic heterocycles. The van der Waals surface area contributed by atoms with Gasteiger partial charge in [-0.15, -0.1) is 24.8 Å². The zero-order valence-electron chi connectivity index (χ0n) is 17.7. The molecule has 2 aliphatic rings. The Morgan fingerprint density at radius 2 is 1.18 bits per heavy atom. The Bertz CT molecular complexity index is 601. The molecule has 0 aromatic carbocycles. The van der Waals surface area contributed by atoms with Crippen LogP contribution >= 0.6 is 24.8 Å². The summed E-state index contributed by atoms with van der Waals surface area (Å²) in [6, 6.07) is 0. The third-order valence-electron chi connectivity index (χ3n) is 3.72. The van der Waals surface area contributed by atoms with Crippen molar-refractivity contribution in [3.63, 3.8) is 0 Å². The maximum Gasteiger partial charge on any atom is -0.147 e. The molecule has 4 nitrogen and oxygen atoms in total. The summed E-state index contributed by atoms with van der Waals surface area (Å²) in [4.78, 5) is 23.1. The van der Waals surface area contributed by atoms with Crippen molar-refractivity contribution >= 4 is 75.5 Å². The van der Waals surface area contributed by atoms with Crippen molar-refractivity contribution in [3.05, 3.63) is 43.0 Å². The van der Waals surface area contributed by atoms with Crippen LogP contribution in [0.3, 0.4) is 0 Å². The van der Waals surface area contributed by atoms with Crippen LogP contribution in [0.2, 0.25) is 39.3 Å². The first-order chi connectivity index (χ1) is 12.0. The molecule has 0 spiro atoms. The normalized spacial score (nSPS) is 14.4. The van der Waals surface area contributed by atoms with Gasteiger partial charge in [-0.1, -0.05) is 0 Å². The molecular formula is C18H33Cl2InN2O2Si2Zr. The molecule has 10 heteroatoms. The van der Waals surface area contributed by atoms with Crippen LogP contribution in [-0.4, -0.2) is 50.7 Å². The Labute approximate surface area is 208 Å². The van der Waals surface area contributed by atoms with Gasteiger partial charge >= 0.3 is 185 Å². The van der Waals surface area contributed by atoms with Gasteiger partial charge in [0.15, 0.2) is 0 Å². The third-order valence-corrected chi connectivity index (χ3v) is 15.1. The topological polar surface area (TPSA) is 58.2 Å². The first-order valence-electron chi connectivity index (χ1n) is 9.05. The van der Waals surface area contributed by atoms with E-state index >= 15 is 0 Å². The molecule has 0 bridgehead atoms. The standard InChI is InChI=1S/2C5H5.2C4H11NOSi.2ClH.In.Zr.H/c2*1-2-4-5-3-1;2*1-7(2,3)4(5)6;;;;;/h2*1-3H,4H2;2*1-3H3,(H2,5,6);2*1H;;;/q;;;;;;+2;;/p-2. The molecule has 28 heavy (non-hydrogen) atoms. The van der Waals surface area contributed by atoms with Gasteiger partial charge in [-0.2, -0.15) is 0 Å². The van der Waals surface area contributed by atoms with Crippen LogP contribution in [0.5, 0.6) is 0 Å². The minimum absolute atomic E-state index is 0. The molecule has 0 saturated carbocycles. The van der Waals surface area contributed by atoms with E-state index in [4.69, 9.17) is 0 Å². The average Bonchev–Trinajstić information content (AvgIpc) is 3.20. The molecule has 0 fully saturated rings. The molecule has 2 N–H and O–H groups in total. The van der Waals surface area contributed by atoms with Crippen molar-refractivity contribution in [2.24, 2.45) is 0 Å². The number of nitrogens with one attached hydrogen (secondary N) is 2. The Balaban J connectivity index is 0. The molecule has 0 unspecified atom stereocenters. The van der Waals surface area contributed by atoms with Gasteiger partial charge in [0.1, 0.15) is 0 Å². The van der Waals surface area contributed by atoms with Gasteiger partial charge in [0.2, 0.25) is 0 Å². The van der Waals surface area contributed by atoms with Crippen molar-refractivity contribution in [1.29, 1.82) is 0 Å². The number of hydrogen-bond acceptors (Lipinski definition) is 2. The van der Waals surface area contributed by atoms with E-state index in [-0.39, 0.29) is 59.1 Å². The summed E-state index contributed by atoms with van der Waals surface area (Å²) in [5.41, 5.74) is 0.350. The summed E-state index contributed by atoms with van der Waals surface area (Å²) in [5.74, 6) is 0. The van der Waals surface area contributed by atoms with E-state index < -0.39 is 39.6 Å². The second-order valence-corrected chi connectivity index (χ2v) is 25.2. The van der Waals surface area contributed by atoms with Crippen LogP contribution in [0.1, 0.15) is 12.8 Å². The number of amides is 2. The molecule has 0 radical (unpaired) electrons. The zero-order valence-corrected chi connectivity index (χ0v) is 27.8. The van der Waals surface area contributed by atoms with E-state index in [2.05, 4.69) is 43.1 Å². The van der Waals surface area contributed by atoms with Crippen LogP contribution < -0.4 is 6.61 Å². The van der Waals surface area contributed by atoms with Crippen LogP contribution in [0.25, 0.3) is 0 Å². The van der Waals surface area contributed by atoms with E-state index in [0.29, 0.717) is 0 Å². The van der Waals surface area contributed by atoms with Gasteiger partial charge in [0, 0.05) is 0 Å². The molecule has 2 aliphatic carbocycles. The molecule has 0 heterocycles. The number of rotatable bonds is 6. The molecule has 0 atom stereocenters. The Kier molecular flexibility index (Phi) is 16.1. The molecule has 0 saturated heterocycles. The van der Waals surface area contributed by atoms with Crippen LogP contribution in [-0.2, 0) is 23.2 Å². The predicted octanol–water partition coefficient (Wildman–Crippen LogP) is 5.11. The molecule has 0 aromatic heterocycles. The molecule has 156 valence electrons. The van der Waals surface area contributed by atoms with E-state index in [0.717, 1.165) is 0 Å². The van der Waals surface area contributed by atoms with Crippen LogP contribution in [0.4, 0.5) is 9.59 Å². The van der Waals surface area contributed by atoms with Gasteiger partial charge in [0.25, 0.3) is 0 Å². The minimum atomic E-state index is -1.72. The first-order valence-corrected chi connectivity index (χ1v) is 22.5. The molecule has 2 rings (SSSR count). The predicted molar refractivity (Wildman–Crippen MR) is 129 cm³/mol. The average molecular weight is 643 g/mol. The fourth-order valence-corrected chi connectivity index (χ4v) is 17.5.